The molecular weight excluding hydrogens is 274 g/mol. The van der Waals surface area contributed by atoms with Crippen LogP contribution in [-0.4, -0.2) is 18.7 Å². The van der Waals surface area contributed by atoms with Crippen LogP contribution in [0.15, 0.2) is 36.7 Å². The Morgan fingerprint density at radius 1 is 1.20 bits per heavy atom. The number of pyridine rings is 1. The van der Waals surface area contributed by atoms with Gasteiger partial charge in [-0.2, -0.15) is 8.42 Å². The topological polar surface area (TPSA) is 58.3 Å². The van der Waals surface area contributed by atoms with Crippen LogP contribution in [0.25, 0.3) is 0 Å². The molecule has 1 aromatic heterocycles. The van der Waals surface area contributed by atoms with E-state index in [9.17, 15) is 8.42 Å². The summed E-state index contributed by atoms with van der Waals surface area (Å²) in [5.41, 5.74) is 1.38. The lowest BCUT2D eigenvalue weighted by Crippen LogP contribution is -2.33. The number of rotatable bonds is 6. The molecule has 2 rings (SSSR count). The fourth-order valence-corrected chi connectivity index (χ4v) is 3.13. The number of nitrogens with zero attached hydrogens (tertiary/aromatic N) is 1. The number of hydrogen-bond acceptors (Lipinski definition) is 2. The molecule has 1 aromatic rings. The fourth-order valence-electron chi connectivity index (χ4n) is 2.57. The van der Waals surface area contributed by atoms with Gasteiger partial charge in [0.2, 0.25) is 0 Å². The van der Waals surface area contributed by atoms with Gasteiger partial charge in [0.25, 0.3) is 10.1 Å². The summed E-state index contributed by atoms with van der Waals surface area (Å²) in [5, 5.41) is 0. The molecule has 1 atom stereocenters. The van der Waals surface area contributed by atoms with Crippen LogP contribution >= 0.6 is 0 Å². The number of aromatic nitrogens is 1. The van der Waals surface area contributed by atoms with Gasteiger partial charge in [-0.1, -0.05) is 12.2 Å². The number of hydrogen-bond donors (Lipinski definition) is 1. The van der Waals surface area contributed by atoms with E-state index in [1.54, 1.807) is 0 Å². The van der Waals surface area contributed by atoms with Crippen LogP contribution in [-0.2, 0) is 16.7 Å². The van der Waals surface area contributed by atoms with Gasteiger partial charge < -0.3 is 0 Å². The minimum atomic E-state index is -3.82. The van der Waals surface area contributed by atoms with Crippen molar-refractivity contribution in [2.45, 2.75) is 44.6 Å². The Balaban J connectivity index is 1.81. The molecule has 0 fully saturated rings. The van der Waals surface area contributed by atoms with Crippen LogP contribution in [0.1, 0.15) is 43.6 Å². The molecule has 1 heterocycles. The second-order valence-electron chi connectivity index (χ2n) is 5.34. The predicted octanol–water partition coefficient (Wildman–Crippen LogP) is 2.47. The average Bonchev–Trinajstić information content (AvgIpc) is 2.44. The van der Waals surface area contributed by atoms with E-state index < -0.39 is 10.1 Å². The maximum absolute atomic E-state index is 10.6. The quantitative estimate of drug-likeness (QED) is 0.380. The van der Waals surface area contributed by atoms with Crippen molar-refractivity contribution in [3.05, 3.63) is 42.2 Å². The van der Waals surface area contributed by atoms with E-state index in [-0.39, 0.29) is 5.75 Å². The maximum Gasteiger partial charge on any atom is 0.264 e. The Kier molecular flexibility index (Phi) is 5.31. The first-order valence-electron chi connectivity index (χ1n) is 7.14. The van der Waals surface area contributed by atoms with Crippen LogP contribution in [0.3, 0.4) is 0 Å². The van der Waals surface area contributed by atoms with E-state index in [4.69, 9.17) is 4.55 Å². The van der Waals surface area contributed by atoms with E-state index in [1.807, 2.05) is 0 Å². The molecule has 0 radical (unpaired) electrons. The predicted molar refractivity (Wildman–Crippen MR) is 78.0 cm³/mol. The van der Waals surface area contributed by atoms with Gasteiger partial charge in [-0.15, -0.1) is 0 Å². The van der Waals surface area contributed by atoms with Crippen molar-refractivity contribution < 1.29 is 17.5 Å². The fraction of sp³-hybridized carbons (Fsp3) is 0.533. The summed E-state index contributed by atoms with van der Waals surface area (Å²) in [5.74, 6) is 0.481. The van der Waals surface area contributed by atoms with Gasteiger partial charge in [0.05, 0.1) is 5.75 Å². The molecule has 0 bridgehead atoms. The highest BCUT2D eigenvalue weighted by molar-refractivity contribution is 7.85. The Labute approximate surface area is 120 Å². The smallest absolute Gasteiger partial charge is 0.264 e. The van der Waals surface area contributed by atoms with Crippen LogP contribution in [0, 0.1) is 0 Å². The van der Waals surface area contributed by atoms with Gasteiger partial charge >= 0.3 is 0 Å². The van der Waals surface area contributed by atoms with Crippen LogP contribution in [0.2, 0.25) is 0 Å². The van der Waals surface area contributed by atoms with Gasteiger partial charge in [-0.05, 0) is 37.2 Å². The van der Waals surface area contributed by atoms with Gasteiger partial charge in [-0.25, -0.2) is 4.57 Å². The summed E-state index contributed by atoms with van der Waals surface area (Å²) in [6, 6.07) is 4.32. The van der Waals surface area contributed by atoms with Crippen molar-refractivity contribution in [3.63, 3.8) is 0 Å². The zero-order chi connectivity index (χ0) is 14.4. The lowest BCUT2D eigenvalue weighted by Gasteiger charge is -2.17. The molecule has 20 heavy (non-hydrogen) atoms. The molecule has 0 saturated carbocycles. The van der Waals surface area contributed by atoms with E-state index >= 15 is 0 Å². The van der Waals surface area contributed by atoms with Crippen LogP contribution in [0.4, 0.5) is 0 Å². The zero-order valence-electron chi connectivity index (χ0n) is 11.6. The first-order chi connectivity index (χ1) is 9.54. The van der Waals surface area contributed by atoms with Crippen molar-refractivity contribution in [1.29, 1.82) is 0 Å². The number of allylic oxidation sites excluding steroid dienone is 2. The number of unbranched alkanes of at least 4 members (excludes halogenated alkanes) is 1. The van der Waals surface area contributed by atoms with E-state index in [0.717, 1.165) is 25.8 Å². The minimum Gasteiger partial charge on any atom is -0.286 e. The van der Waals surface area contributed by atoms with Crippen molar-refractivity contribution in [3.8, 4) is 0 Å². The molecule has 0 saturated heterocycles. The summed E-state index contributed by atoms with van der Waals surface area (Å²) in [4.78, 5) is 0. The zero-order valence-corrected chi connectivity index (χ0v) is 12.4. The Morgan fingerprint density at radius 3 is 2.55 bits per heavy atom. The molecular formula is C15H22NO3S+. The largest absolute Gasteiger partial charge is 0.286 e. The minimum absolute atomic E-state index is 0.153. The highest BCUT2D eigenvalue weighted by atomic mass is 32.2. The van der Waals surface area contributed by atoms with E-state index in [2.05, 4.69) is 41.2 Å². The number of aryl methyl sites for hydroxylation is 1. The maximum atomic E-state index is 10.6. The lowest BCUT2D eigenvalue weighted by molar-refractivity contribution is -0.697. The van der Waals surface area contributed by atoms with Gasteiger partial charge in [0.15, 0.2) is 12.4 Å². The Hall–Kier alpha value is -1.20. The Bertz CT molecular complexity index is 549. The van der Waals surface area contributed by atoms with Gasteiger partial charge in [0.1, 0.15) is 6.54 Å². The highest BCUT2D eigenvalue weighted by Crippen LogP contribution is 2.28. The Morgan fingerprint density at radius 2 is 1.95 bits per heavy atom. The first-order valence-corrected chi connectivity index (χ1v) is 8.75. The molecule has 0 aromatic carbocycles. The summed E-state index contributed by atoms with van der Waals surface area (Å²) in [7, 11) is -3.82. The molecule has 0 amide bonds. The summed E-state index contributed by atoms with van der Waals surface area (Å²) in [6.45, 7) is 0.778. The molecule has 0 aliphatic heterocycles. The molecule has 110 valence electrons. The standard InChI is InChI=1S/C15H21NO3S/c17-20(18,19)13-5-4-10-16-11-8-15(9-12-16)14-6-2-1-3-7-14/h1-2,8-9,11-12,14H,3-7,10,13H2/p+1. The third-order valence-electron chi connectivity index (χ3n) is 3.73. The first kappa shape index (κ1) is 15.2. The SMILES string of the molecule is O=S(=O)(O)CCCC[n+]1ccc(C2CC=CCC2)cc1. The third-order valence-corrected chi connectivity index (χ3v) is 4.53. The van der Waals surface area contributed by atoms with Crippen molar-refractivity contribution in [2.24, 2.45) is 0 Å². The molecule has 1 aliphatic rings. The molecule has 1 aliphatic carbocycles. The van der Waals surface area contributed by atoms with Gasteiger partial charge in [0, 0.05) is 18.6 Å². The molecule has 0 spiro atoms. The van der Waals surface area contributed by atoms with Crippen LogP contribution in [0.5, 0.6) is 0 Å². The second-order valence-corrected chi connectivity index (χ2v) is 6.92. The second kappa shape index (κ2) is 6.99. The van der Waals surface area contributed by atoms with Crippen LogP contribution < -0.4 is 4.57 Å². The van der Waals surface area contributed by atoms with Crippen molar-refractivity contribution in [2.75, 3.05) is 5.75 Å². The molecule has 1 unspecified atom stereocenters. The summed E-state index contributed by atoms with van der Waals surface area (Å²) in [6.07, 6.45) is 13.3. The molecule has 5 heteroatoms. The van der Waals surface area contributed by atoms with Crippen molar-refractivity contribution in [1.82, 2.24) is 0 Å². The van der Waals surface area contributed by atoms with Gasteiger partial charge in [-0.3, -0.25) is 4.55 Å². The normalized spacial score (nSPS) is 19.1. The molecule has 4 nitrogen and oxygen atoms in total. The summed E-state index contributed by atoms with van der Waals surface area (Å²) >= 11 is 0. The monoisotopic (exact) mass is 296 g/mol. The average molecular weight is 296 g/mol. The third kappa shape index (κ3) is 5.06. The summed E-state index contributed by atoms with van der Waals surface area (Å²) < 4.78 is 31.9. The van der Waals surface area contributed by atoms with E-state index in [0.29, 0.717) is 12.3 Å². The highest BCUT2D eigenvalue weighted by Gasteiger charge is 2.13. The molecule has 1 N–H and O–H groups in total. The lowest BCUT2D eigenvalue weighted by atomic mass is 9.88. The van der Waals surface area contributed by atoms with Crippen molar-refractivity contribution >= 4 is 10.1 Å². The van der Waals surface area contributed by atoms with E-state index in [1.165, 1.54) is 12.0 Å².